The summed E-state index contributed by atoms with van der Waals surface area (Å²) in [5.41, 5.74) is 4.87. The molecule has 0 saturated heterocycles. The maximum Gasteiger partial charge on any atom is -0.0105 e. The quantitative estimate of drug-likeness (QED) is 0.347. The molecule has 0 aliphatic carbocycles. The van der Waals surface area contributed by atoms with E-state index in [1.54, 1.807) is 0 Å². The Morgan fingerprint density at radius 1 is 0.423 bits per heavy atom. The molecule has 4 rings (SSSR count). The Hall–Kier alpha value is -3.38. The minimum atomic E-state index is 1.21. The molecule has 0 atom stereocenters. The number of fused-ring (bicyclic) bond motifs is 1. The Morgan fingerprint density at radius 3 is 1.73 bits per heavy atom. The van der Waals surface area contributed by atoms with E-state index in [0.29, 0.717) is 0 Å². The Bertz CT molecular complexity index is 1050. The van der Waals surface area contributed by atoms with E-state index in [1.165, 1.54) is 33.0 Å². The van der Waals surface area contributed by atoms with Crippen molar-refractivity contribution in [3.05, 3.63) is 119 Å². The van der Waals surface area contributed by atoms with E-state index in [0.717, 1.165) is 0 Å². The average Bonchev–Trinajstić information content (AvgIpc) is 2.72. The fraction of sp³-hybridized carbons (Fsp3) is 0. The molecule has 0 aromatic heterocycles. The third-order valence-electron chi connectivity index (χ3n) is 4.46. The van der Waals surface area contributed by atoms with Crippen molar-refractivity contribution in [3.63, 3.8) is 0 Å². The van der Waals surface area contributed by atoms with Crippen LogP contribution in [0.3, 0.4) is 0 Å². The zero-order valence-corrected chi connectivity index (χ0v) is 14.5. The molecular formula is C26H20. The second-order valence-electron chi connectivity index (χ2n) is 6.32. The molecule has 0 saturated carbocycles. The van der Waals surface area contributed by atoms with E-state index in [9.17, 15) is 0 Å². The minimum Gasteiger partial charge on any atom is -0.0622 e. The van der Waals surface area contributed by atoms with Crippen LogP contribution < -0.4 is 0 Å². The van der Waals surface area contributed by atoms with Crippen LogP contribution in [0.4, 0.5) is 0 Å². The predicted molar refractivity (Wildman–Crippen MR) is 115 cm³/mol. The lowest BCUT2D eigenvalue weighted by Gasteiger charge is -2.04. The summed E-state index contributed by atoms with van der Waals surface area (Å²) in [7, 11) is 0. The van der Waals surface area contributed by atoms with Crippen LogP contribution in [0, 0.1) is 0 Å². The number of hydrogen-bond acceptors (Lipinski definition) is 0. The van der Waals surface area contributed by atoms with Gasteiger partial charge < -0.3 is 0 Å². The average molecular weight is 332 g/mol. The van der Waals surface area contributed by atoms with E-state index < -0.39 is 0 Å². The summed E-state index contributed by atoms with van der Waals surface area (Å²) in [4.78, 5) is 0. The Kier molecular flexibility index (Phi) is 4.75. The maximum atomic E-state index is 2.26. The molecule has 0 N–H and O–H groups in total. The van der Waals surface area contributed by atoms with Gasteiger partial charge in [-0.3, -0.25) is 0 Å². The van der Waals surface area contributed by atoms with Crippen molar-refractivity contribution in [1.82, 2.24) is 0 Å². The van der Waals surface area contributed by atoms with Gasteiger partial charge >= 0.3 is 0 Å². The lowest BCUT2D eigenvalue weighted by molar-refractivity contribution is 1.65. The molecule has 0 aliphatic heterocycles. The SMILES string of the molecule is C(=Cc1ccc2cccc(C=Cc3ccccc3)c2c1)c1ccccc1. The highest BCUT2D eigenvalue weighted by molar-refractivity contribution is 5.94. The Morgan fingerprint density at radius 2 is 1.04 bits per heavy atom. The first-order valence-electron chi connectivity index (χ1n) is 8.87. The fourth-order valence-electron chi connectivity index (χ4n) is 3.07. The molecule has 0 radical (unpaired) electrons. The molecule has 124 valence electrons. The maximum absolute atomic E-state index is 2.26. The van der Waals surface area contributed by atoms with Gasteiger partial charge in [0.25, 0.3) is 0 Å². The number of rotatable bonds is 4. The number of hydrogen-bond donors (Lipinski definition) is 0. The smallest absolute Gasteiger partial charge is 0.0105 e. The van der Waals surface area contributed by atoms with Crippen LogP contribution in [0.5, 0.6) is 0 Å². The normalized spacial score (nSPS) is 11.5. The molecule has 0 heteroatoms. The van der Waals surface area contributed by atoms with Gasteiger partial charge in [0.1, 0.15) is 0 Å². The lowest BCUT2D eigenvalue weighted by atomic mass is 10.0. The topological polar surface area (TPSA) is 0 Å². The first-order valence-corrected chi connectivity index (χ1v) is 8.87. The van der Waals surface area contributed by atoms with Gasteiger partial charge in [-0.2, -0.15) is 0 Å². The van der Waals surface area contributed by atoms with Crippen molar-refractivity contribution in [2.75, 3.05) is 0 Å². The summed E-state index contributed by atoms with van der Waals surface area (Å²) >= 11 is 0. The first-order chi connectivity index (χ1) is 12.9. The molecule has 4 aromatic carbocycles. The molecule has 4 aromatic rings. The van der Waals surface area contributed by atoms with Crippen LogP contribution in [0.1, 0.15) is 22.3 Å². The third kappa shape index (κ3) is 3.81. The van der Waals surface area contributed by atoms with Gasteiger partial charge in [0.05, 0.1) is 0 Å². The summed E-state index contributed by atoms with van der Waals surface area (Å²) in [6, 6.07) is 33.9. The van der Waals surface area contributed by atoms with Crippen LogP contribution in [0.25, 0.3) is 35.1 Å². The standard InChI is InChI=1S/C26H20/c1-3-8-21(9-4-1)14-15-23-17-19-25-13-7-12-24(26(25)20-23)18-16-22-10-5-2-6-11-22/h1-20H. The first kappa shape index (κ1) is 16.1. The minimum absolute atomic E-state index is 1.21. The van der Waals surface area contributed by atoms with E-state index in [-0.39, 0.29) is 0 Å². The highest BCUT2D eigenvalue weighted by Gasteiger charge is 1.99. The molecule has 0 unspecified atom stereocenters. The van der Waals surface area contributed by atoms with E-state index >= 15 is 0 Å². The highest BCUT2D eigenvalue weighted by Crippen LogP contribution is 2.23. The van der Waals surface area contributed by atoms with Crippen LogP contribution in [-0.4, -0.2) is 0 Å². The Labute approximate surface area is 154 Å². The highest BCUT2D eigenvalue weighted by atomic mass is 14.0. The summed E-state index contributed by atoms with van der Waals surface area (Å²) in [6.45, 7) is 0. The van der Waals surface area contributed by atoms with Gasteiger partial charge in [-0.05, 0) is 39.1 Å². The van der Waals surface area contributed by atoms with Gasteiger partial charge in [-0.1, -0.05) is 115 Å². The Balaban J connectivity index is 1.68. The zero-order chi connectivity index (χ0) is 17.6. The molecule has 0 bridgehead atoms. The van der Waals surface area contributed by atoms with Crippen molar-refractivity contribution in [2.24, 2.45) is 0 Å². The second kappa shape index (κ2) is 7.67. The van der Waals surface area contributed by atoms with E-state index in [2.05, 4.69) is 109 Å². The summed E-state index contributed by atoms with van der Waals surface area (Å²) in [5.74, 6) is 0. The van der Waals surface area contributed by atoms with Gasteiger partial charge in [0.2, 0.25) is 0 Å². The van der Waals surface area contributed by atoms with Gasteiger partial charge in [-0.15, -0.1) is 0 Å². The second-order valence-corrected chi connectivity index (χ2v) is 6.32. The van der Waals surface area contributed by atoms with Crippen molar-refractivity contribution in [1.29, 1.82) is 0 Å². The van der Waals surface area contributed by atoms with Crippen molar-refractivity contribution < 1.29 is 0 Å². The molecule has 0 amide bonds. The van der Waals surface area contributed by atoms with Crippen LogP contribution in [0.2, 0.25) is 0 Å². The summed E-state index contributed by atoms with van der Waals surface area (Å²) in [5, 5.41) is 2.53. The van der Waals surface area contributed by atoms with Crippen molar-refractivity contribution in [3.8, 4) is 0 Å². The van der Waals surface area contributed by atoms with Crippen LogP contribution in [-0.2, 0) is 0 Å². The molecule has 0 heterocycles. The molecule has 26 heavy (non-hydrogen) atoms. The third-order valence-corrected chi connectivity index (χ3v) is 4.46. The van der Waals surface area contributed by atoms with E-state index in [1.807, 2.05) is 12.1 Å². The van der Waals surface area contributed by atoms with Crippen LogP contribution in [0.15, 0.2) is 97.1 Å². The van der Waals surface area contributed by atoms with Gasteiger partial charge in [0.15, 0.2) is 0 Å². The molecule has 0 fully saturated rings. The lowest BCUT2D eigenvalue weighted by Crippen LogP contribution is -1.81. The monoisotopic (exact) mass is 332 g/mol. The number of benzene rings is 4. The molecular weight excluding hydrogens is 312 g/mol. The fourth-order valence-corrected chi connectivity index (χ4v) is 3.07. The summed E-state index contributed by atoms with van der Waals surface area (Å²) in [6.07, 6.45) is 8.69. The zero-order valence-electron chi connectivity index (χ0n) is 14.5. The molecule has 0 nitrogen and oxygen atoms in total. The predicted octanol–water partition coefficient (Wildman–Crippen LogP) is 7.18. The van der Waals surface area contributed by atoms with Gasteiger partial charge in [-0.25, -0.2) is 0 Å². The van der Waals surface area contributed by atoms with Gasteiger partial charge in [0, 0.05) is 0 Å². The largest absolute Gasteiger partial charge is 0.0622 e. The van der Waals surface area contributed by atoms with Crippen molar-refractivity contribution >= 4 is 35.1 Å². The summed E-state index contributed by atoms with van der Waals surface area (Å²) < 4.78 is 0. The molecule has 0 spiro atoms. The van der Waals surface area contributed by atoms with Crippen LogP contribution >= 0.6 is 0 Å². The van der Waals surface area contributed by atoms with E-state index in [4.69, 9.17) is 0 Å². The van der Waals surface area contributed by atoms with Crippen molar-refractivity contribution in [2.45, 2.75) is 0 Å². The molecule has 0 aliphatic rings.